The average Bonchev–Trinajstić information content (AvgIpc) is 3.09. The van der Waals surface area contributed by atoms with Crippen LogP contribution in [0.25, 0.3) is 11.0 Å². The first kappa shape index (κ1) is 34.7. The molecule has 12 heteroatoms. The molecule has 3 aromatic rings. The number of hydrogen-bond donors (Lipinski definition) is 3. The quantitative estimate of drug-likeness (QED) is 0.145. The Kier molecular flexibility index (Phi) is 9.79. The number of fused-ring (bicyclic) bond motifs is 1. The van der Waals surface area contributed by atoms with Gasteiger partial charge in [-0.05, 0) is 115 Å². The number of aliphatic hydroxyl groups is 2. The smallest absolute Gasteiger partial charge is 0.349 e. The van der Waals surface area contributed by atoms with Gasteiger partial charge in [-0.3, -0.25) is 14.4 Å². The third kappa shape index (κ3) is 6.69. The monoisotopic (exact) mass is 796 g/mol. The van der Waals surface area contributed by atoms with Crippen molar-refractivity contribution in [3.05, 3.63) is 79.2 Å². The molecule has 1 heterocycles. The van der Waals surface area contributed by atoms with Crippen molar-refractivity contribution in [2.24, 2.45) is 23.2 Å². The number of rotatable bonds is 11. The highest BCUT2D eigenvalue weighted by Gasteiger charge is 2.53. The predicted molar refractivity (Wildman–Crippen MR) is 192 cm³/mol. The first-order valence-electron chi connectivity index (χ1n) is 17.2. The minimum Gasteiger partial charge on any atom is -0.493 e. The number of ether oxygens (including phenoxy) is 2. The molecule has 8 rings (SSSR count). The molecule has 0 saturated heterocycles. The molecule has 0 radical (unpaired) electrons. The zero-order chi connectivity index (χ0) is 35.2. The van der Waals surface area contributed by atoms with Crippen molar-refractivity contribution in [1.82, 2.24) is 10.2 Å². The summed E-state index contributed by atoms with van der Waals surface area (Å²) in [5.41, 5.74) is -0.0787. The average molecular weight is 797 g/mol. The molecule has 2 aromatic carbocycles. The minimum absolute atomic E-state index is 0.00633. The fraction of sp³-hybridized carbons (Fsp3) is 0.474. The lowest BCUT2D eigenvalue weighted by Crippen LogP contribution is -2.60. The van der Waals surface area contributed by atoms with Crippen molar-refractivity contribution in [3.63, 3.8) is 0 Å². The number of nitrogens with one attached hydrogen (secondary N) is 1. The molecule has 1 aromatic heterocycles. The minimum atomic E-state index is -1.32. The topological polar surface area (TPSA) is 156 Å². The molecular formula is C38H41IN2O9. The zero-order valence-electron chi connectivity index (χ0n) is 27.8. The summed E-state index contributed by atoms with van der Waals surface area (Å²) in [5, 5.41) is 24.9. The Balaban J connectivity index is 1.31. The Hall–Kier alpha value is -3.75. The molecule has 4 fully saturated rings. The van der Waals surface area contributed by atoms with Gasteiger partial charge in [-0.25, -0.2) is 4.79 Å². The van der Waals surface area contributed by atoms with Gasteiger partial charge in [0, 0.05) is 36.0 Å². The number of aliphatic hydroxyl groups excluding tert-OH is 2. The summed E-state index contributed by atoms with van der Waals surface area (Å²) in [6.07, 6.45) is 6.29. The van der Waals surface area contributed by atoms with Gasteiger partial charge in [0.15, 0.2) is 11.5 Å². The second-order valence-electron chi connectivity index (χ2n) is 14.5. The Labute approximate surface area is 303 Å². The van der Waals surface area contributed by atoms with Crippen molar-refractivity contribution < 1.29 is 38.5 Å². The van der Waals surface area contributed by atoms with E-state index in [1.54, 1.807) is 41.3 Å². The standard InChI is InChI=1S/C38H41IN2O9/c1-48-32-12-24(19-43)11-28(39)34(32)49-31-15-26(35(45)40-6-7-42)14-29(33(31)44)41(20-38-16-21-8-22(17-38)10-23(9-21)18-38)36(46)27-13-25-4-2-3-5-30(25)50-37(27)47/h2-5,11-13,15,19,21-23,29,31,33,42,44H,6-10,14,16-18,20H2,1H3,(H,40,45)/t21?,22?,23?,29-,31+,33+,38?/m1/s1. The highest BCUT2D eigenvalue weighted by Crippen LogP contribution is 2.60. The molecule has 264 valence electrons. The van der Waals surface area contributed by atoms with Gasteiger partial charge in [-0.2, -0.15) is 0 Å². The number of methoxy groups -OCH3 is 1. The van der Waals surface area contributed by atoms with E-state index in [2.05, 4.69) is 5.32 Å². The fourth-order valence-electron chi connectivity index (χ4n) is 9.39. The van der Waals surface area contributed by atoms with Crippen LogP contribution in [0.3, 0.4) is 0 Å². The first-order valence-corrected chi connectivity index (χ1v) is 18.3. The molecule has 3 N–H and O–H groups in total. The Morgan fingerprint density at radius 2 is 1.80 bits per heavy atom. The Morgan fingerprint density at radius 3 is 2.46 bits per heavy atom. The van der Waals surface area contributed by atoms with E-state index in [-0.39, 0.29) is 47.6 Å². The molecule has 3 atom stereocenters. The SMILES string of the molecule is COc1cc(C=O)cc(I)c1O[C@H]1C=C(C(=O)NCCO)C[C@@H](N(CC23CC4CC(CC(C4)C2)C3)C(=O)c2cc3ccccc3oc2=O)[C@@H]1O. The van der Waals surface area contributed by atoms with Gasteiger partial charge in [0.05, 0.1) is 23.3 Å². The second-order valence-corrected chi connectivity index (χ2v) is 15.7. The van der Waals surface area contributed by atoms with Gasteiger partial charge in [-0.15, -0.1) is 0 Å². The molecule has 0 unspecified atom stereocenters. The Morgan fingerprint density at radius 1 is 1.10 bits per heavy atom. The molecule has 50 heavy (non-hydrogen) atoms. The zero-order valence-corrected chi connectivity index (χ0v) is 30.0. The highest BCUT2D eigenvalue weighted by atomic mass is 127. The summed E-state index contributed by atoms with van der Waals surface area (Å²) >= 11 is 2.02. The number of carbonyl (C=O) groups excluding carboxylic acids is 3. The number of carbonyl (C=O) groups is 3. The molecule has 5 aliphatic rings. The molecule has 2 amide bonds. The van der Waals surface area contributed by atoms with Crippen LogP contribution >= 0.6 is 22.6 Å². The second kappa shape index (κ2) is 14.1. The summed E-state index contributed by atoms with van der Waals surface area (Å²) in [7, 11) is 1.44. The van der Waals surface area contributed by atoms with E-state index in [0.717, 1.165) is 19.3 Å². The van der Waals surface area contributed by atoms with E-state index in [1.807, 2.05) is 22.6 Å². The van der Waals surface area contributed by atoms with Crippen LogP contribution in [0.4, 0.5) is 0 Å². The van der Waals surface area contributed by atoms with Crippen molar-refractivity contribution >= 4 is 51.7 Å². The normalized spacial score (nSPS) is 28.2. The third-order valence-corrected chi connectivity index (χ3v) is 11.9. The third-order valence-electron chi connectivity index (χ3n) is 11.1. The van der Waals surface area contributed by atoms with Gasteiger partial charge >= 0.3 is 5.63 Å². The van der Waals surface area contributed by atoms with Crippen LogP contribution in [0.1, 0.15) is 65.7 Å². The summed E-state index contributed by atoms with van der Waals surface area (Å²) in [6.45, 7) is 0.0656. The van der Waals surface area contributed by atoms with Gasteiger partial charge < -0.3 is 34.3 Å². The van der Waals surface area contributed by atoms with E-state index >= 15 is 0 Å². The van der Waals surface area contributed by atoms with E-state index < -0.39 is 35.7 Å². The number of halogens is 1. The van der Waals surface area contributed by atoms with E-state index in [1.165, 1.54) is 38.5 Å². The lowest BCUT2D eigenvalue weighted by Gasteiger charge is -2.58. The lowest BCUT2D eigenvalue weighted by atomic mass is 9.49. The first-order chi connectivity index (χ1) is 24.1. The van der Waals surface area contributed by atoms with Crippen LogP contribution in [0.5, 0.6) is 11.5 Å². The molecule has 5 aliphatic carbocycles. The van der Waals surface area contributed by atoms with Crippen LogP contribution in [0.15, 0.2) is 63.3 Å². The van der Waals surface area contributed by atoms with Crippen molar-refractivity contribution in [2.75, 3.05) is 26.8 Å². The van der Waals surface area contributed by atoms with Crippen LogP contribution in [-0.2, 0) is 4.79 Å². The van der Waals surface area contributed by atoms with Gasteiger partial charge in [-0.1, -0.05) is 18.2 Å². The number of nitrogens with zero attached hydrogens (tertiary/aromatic N) is 1. The molecule has 4 bridgehead atoms. The van der Waals surface area contributed by atoms with Gasteiger partial charge in [0.2, 0.25) is 5.91 Å². The van der Waals surface area contributed by atoms with Crippen molar-refractivity contribution in [1.29, 1.82) is 0 Å². The number of hydrogen-bond acceptors (Lipinski definition) is 9. The number of aldehydes is 1. The molecular weight excluding hydrogens is 755 g/mol. The maximum atomic E-state index is 14.8. The van der Waals surface area contributed by atoms with E-state index in [4.69, 9.17) is 13.9 Å². The van der Waals surface area contributed by atoms with E-state index in [0.29, 0.717) is 50.7 Å². The highest BCUT2D eigenvalue weighted by molar-refractivity contribution is 14.1. The number of para-hydroxylation sites is 1. The maximum Gasteiger partial charge on any atom is 0.349 e. The Bertz CT molecular complexity index is 1870. The molecule has 11 nitrogen and oxygen atoms in total. The van der Waals surface area contributed by atoms with Crippen LogP contribution in [0, 0.1) is 26.7 Å². The van der Waals surface area contributed by atoms with Crippen molar-refractivity contribution in [2.45, 2.75) is 63.2 Å². The van der Waals surface area contributed by atoms with Gasteiger partial charge in [0.25, 0.3) is 5.91 Å². The predicted octanol–water partition coefficient (Wildman–Crippen LogP) is 4.49. The number of benzene rings is 2. The molecule has 0 aliphatic heterocycles. The summed E-state index contributed by atoms with van der Waals surface area (Å²) < 4.78 is 18.1. The lowest BCUT2D eigenvalue weighted by molar-refractivity contribution is -0.118. The largest absolute Gasteiger partial charge is 0.493 e. The van der Waals surface area contributed by atoms with Crippen LogP contribution in [0.2, 0.25) is 0 Å². The molecule has 0 spiro atoms. The van der Waals surface area contributed by atoms with Crippen molar-refractivity contribution in [3.8, 4) is 11.5 Å². The maximum absolute atomic E-state index is 14.8. The summed E-state index contributed by atoms with van der Waals surface area (Å²) in [6, 6.07) is 10.7. The van der Waals surface area contributed by atoms with E-state index in [9.17, 15) is 29.4 Å². The number of amides is 2. The van der Waals surface area contributed by atoms with Crippen LogP contribution in [-0.4, -0.2) is 78.3 Å². The molecule has 4 saturated carbocycles. The summed E-state index contributed by atoms with van der Waals surface area (Å²) in [4.78, 5) is 54.9. The summed E-state index contributed by atoms with van der Waals surface area (Å²) in [5.74, 6) is 1.25. The van der Waals surface area contributed by atoms with Gasteiger partial charge in [0.1, 0.15) is 29.6 Å². The fourth-order valence-corrected chi connectivity index (χ4v) is 10.1. The van der Waals surface area contributed by atoms with Crippen LogP contribution < -0.4 is 20.4 Å².